The Hall–Kier alpha value is -3.85. The highest BCUT2D eigenvalue weighted by Crippen LogP contribution is 2.27. The molecule has 0 spiro atoms. The van der Waals surface area contributed by atoms with Crippen LogP contribution in [0.3, 0.4) is 0 Å². The third kappa shape index (κ3) is 7.83. The lowest BCUT2D eigenvalue weighted by Crippen LogP contribution is -2.54. The first kappa shape index (κ1) is 29.7. The molecular formula is C30H37N3O5S. The van der Waals surface area contributed by atoms with Gasteiger partial charge in [0.15, 0.2) is 0 Å². The second-order valence-corrected chi connectivity index (χ2v) is 11.3. The van der Waals surface area contributed by atoms with Crippen molar-refractivity contribution in [3.8, 4) is 5.75 Å². The van der Waals surface area contributed by atoms with Gasteiger partial charge in [0.05, 0.1) is 17.7 Å². The molecule has 0 bridgehead atoms. The first-order valence-electron chi connectivity index (χ1n) is 13.0. The van der Waals surface area contributed by atoms with Crippen molar-refractivity contribution >= 4 is 27.5 Å². The van der Waals surface area contributed by atoms with Crippen LogP contribution in [0.4, 0.5) is 5.69 Å². The predicted octanol–water partition coefficient (Wildman–Crippen LogP) is 4.27. The molecule has 1 N–H and O–H groups in total. The van der Waals surface area contributed by atoms with Gasteiger partial charge in [0.2, 0.25) is 11.8 Å². The van der Waals surface area contributed by atoms with Crippen molar-refractivity contribution < 1.29 is 22.7 Å². The van der Waals surface area contributed by atoms with Gasteiger partial charge in [-0.3, -0.25) is 13.9 Å². The van der Waals surface area contributed by atoms with Crippen LogP contribution in [-0.2, 0) is 26.0 Å². The number of sulfonamides is 1. The van der Waals surface area contributed by atoms with E-state index in [1.807, 2.05) is 51.1 Å². The smallest absolute Gasteiger partial charge is 0.264 e. The van der Waals surface area contributed by atoms with Gasteiger partial charge in [-0.25, -0.2) is 8.42 Å². The van der Waals surface area contributed by atoms with E-state index in [9.17, 15) is 18.0 Å². The first-order valence-corrected chi connectivity index (χ1v) is 14.5. The van der Waals surface area contributed by atoms with E-state index in [-0.39, 0.29) is 29.1 Å². The summed E-state index contributed by atoms with van der Waals surface area (Å²) in [4.78, 5) is 28.7. The molecule has 0 unspecified atom stereocenters. The zero-order valence-corrected chi connectivity index (χ0v) is 23.7. The molecule has 208 valence electrons. The van der Waals surface area contributed by atoms with Crippen LogP contribution in [0.25, 0.3) is 0 Å². The van der Waals surface area contributed by atoms with Gasteiger partial charge in [0.25, 0.3) is 10.0 Å². The van der Waals surface area contributed by atoms with Gasteiger partial charge in [-0.2, -0.15) is 0 Å². The van der Waals surface area contributed by atoms with Gasteiger partial charge in [-0.1, -0.05) is 61.5 Å². The number of ether oxygens (including phenoxy) is 1. The van der Waals surface area contributed by atoms with Crippen LogP contribution in [0.5, 0.6) is 5.75 Å². The molecule has 2 amide bonds. The Morgan fingerprint density at radius 2 is 1.56 bits per heavy atom. The fourth-order valence-corrected chi connectivity index (χ4v) is 5.72. The number of hydrogen-bond acceptors (Lipinski definition) is 5. The second kappa shape index (κ2) is 13.8. The minimum atomic E-state index is -4.12. The normalized spacial score (nSPS) is 12.0. The maximum Gasteiger partial charge on any atom is 0.264 e. The van der Waals surface area contributed by atoms with Crippen molar-refractivity contribution in [3.05, 3.63) is 90.5 Å². The van der Waals surface area contributed by atoms with Gasteiger partial charge in [-0.05, 0) is 56.5 Å². The largest absolute Gasteiger partial charge is 0.497 e. The lowest BCUT2D eigenvalue weighted by Gasteiger charge is -2.33. The fraction of sp³-hybridized carbons (Fsp3) is 0.333. The van der Waals surface area contributed by atoms with E-state index >= 15 is 0 Å². The molecule has 0 aliphatic heterocycles. The Morgan fingerprint density at radius 1 is 0.923 bits per heavy atom. The molecule has 0 heterocycles. The summed E-state index contributed by atoms with van der Waals surface area (Å²) in [5.74, 6) is -0.288. The van der Waals surface area contributed by atoms with Crippen LogP contribution in [0.1, 0.15) is 32.8 Å². The van der Waals surface area contributed by atoms with E-state index < -0.39 is 28.5 Å². The summed E-state index contributed by atoms with van der Waals surface area (Å²) in [5.41, 5.74) is 1.30. The van der Waals surface area contributed by atoms with Crippen molar-refractivity contribution in [2.75, 3.05) is 24.5 Å². The molecule has 0 fully saturated rings. The van der Waals surface area contributed by atoms with Crippen LogP contribution in [0.15, 0.2) is 89.8 Å². The molecule has 3 aromatic rings. The third-order valence-corrected chi connectivity index (χ3v) is 8.04. The van der Waals surface area contributed by atoms with Crippen LogP contribution in [0.2, 0.25) is 0 Å². The Kier molecular flexibility index (Phi) is 10.5. The molecule has 3 aromatic carbocycles. The fourth-order valence-electron chi connectivity index (χ4n) is 4.29. The monoisotopic (exact) mass is 551 g/mol. The van der Waals surface area contributed by atoms with Crippen molar-refractivity contribution in [3.63, 3.8) is 0 Å². The first-order chi connectivity index (χ1) is 18.7. The molecule has 0 radical (unpaired) electrons. The van der Waals surface area contributed by atoms with E-state index in [4.69, 9.17) is 4.74 Å². The van der Waals surface area contributed by atoms with Crippen molar-refractivity contribution in [1.29, 1.82) is 0 Å². The molecule has 0 aromatic heterocycles. The highest BCUT2D eigenvalue weighted by molar-refractivity contribution is 7.92. The number of amides is 2. The summed E-state index contributed by atoms with van der Waals surface area (Å²) in [6, 6.07) is 23.3. The van der Waals surface area contributed by atoms with Gasteiger partial charge >= 0.3 is 0 Å². The molecule has 1 atom stereocenters. The highest BCUT2D eigenvalue weighted by atomic mass is 32.2. The molecule has 3 rings (SSSR count). The molecule has 39 heavy (non-hydrogen) atoms. The average molecular weight is 552 g/mol. The van der Waals surface area contributed by atoms with Crippen LogP contribution >= 0.6 is 0 Å². The predicted molar refractivity (Wildman–Crippen MR) is 153 cm³/mol. The minimum Gasteiger partial charge on any atom is -0.497 e. The minimum absolute atomic E-state index is 0.0565. The Morgan fingerprint density at radius 3 is 2.15 bits per heavy atom. The zero-order valence-electron chi connectivity index (χ0n) is 22.9. The summed E-state index contributed by atoms with van der Waals surface area (Å²) < 4.78 is 34.0. The SMILES string of the molecule is CC[C@H](C(=O)NC(C)C)N(CCc1ccccc1)C(=O)CN(c1cccc(OC)c1)S(=O)(=O)c1ccccc1. The number of carbonyl (C=O) groups is 2. The molecule has 8 nitrogen and oxygen atoms in total. The molecule has 9 heteroatoms. The molecule has 0 saturated carbocycles. The summed E-state index contributed by atoms with van der Waals surface area (Å²) in [5, 5.41) is 2.90. The number of rotatable bonds is 13. The highest BCUT2D eigenvalue weighted by Gasteiger charge is 2.33. The lowest BCUT2D eigenvalue weighted by molar-refractivity contribution is -0.139. The molecule has 0 saturated heterocycles. The number of hydrogen-bond donors (Lipinski definition) is 1. The van der Waals surface area contributed by atoms with Gasteiger partial charge in [-0.15, -0.1) is 0 Å². The Labute approximate surface area is 231 Å². The van der Waals surface area contributed by atoms with Gasteiger partial charge < -0.3 is 15.0 Å². The maximum absolute atomic E-state index is 14.0. The van der Waals surface area contributed by atoms with E-state index in [0.717, 1.165) is 9.87 Å². The molecular weight excluding hydrogens is 514 g/mol. The number of nitrogens with zero attached hydrogens (tertiary/aromatic N) is 2. The topological polar surface area (TPSA) is 96.0 Å². The third-order valence-electron chi connectivity index (χ3n) is 6.25. The van der Waals surface area contributed by atoms with Crippen molar-refractivity contribution in [1.82, 2.24) is 10.2 Å². The number of benzene rings is 3. The average Bonchev–Trinajstić information content (AvgIpc) is 2.94. The van der Waals surface area contributed by atoms with Gasteiger partial charge in [0, 0.05) is 18.7 Å². The van der Waals surface area contributed by atoms with E-state index in [1.165, 1.54) is 24.1 Å². The number of carbonyl (C=O) groups excluding carboxylic acids is 2. The zero-order chi connectivity index (χ0) is 28.4. The molecule has 0 aliphatic rings. The van der Waals surface area contributed by atoms with Gasteiger partial charge in [0.1, 0.15) is 18.3 Å². The summed E-state index contributed by atoms with van der Waals surface area (Å²) >= 11 is 0. The number of anilines is 1. The van der Waals surface area contributed by atoms with Crippen LogP contribution in [0, 0.1) is 0 Å². The standard InChI is InChI=1S/C30H37N3O5S/c1-5-28(30(35)31-23(2)3)32(20-19-24-13-8-6-9-14-24)29(34)22-33(25-15-12-16-26(21-25)38-4)39(36,37)27-17-10-7-11-18-27/h6-18,21,23,28H,5,19-20,22H2,1-4H3,(H,31,35)/t28-/m1/s1. The summed E-state index contributed by atoms with van der Waals surface area (Å²) in [6.45, 7) is 5.33. The van der Waals surface area contributed by atoms with Crippen LogP contribution in [-0.4, -0.2) is 57.4 Å². The van der Waals surface area contributed by atoms with Crippen LogP contribution < -0.4 is 14.4 Å². The Bertz CT molecular complexity index is 1330. The molecule has 0 aliphatic carbocycles. The quantitative estimate of drug-likeness (QED) is 0.342. The lowest BCUT2D eigenvalue weighted by atomic mass is 10.1. The van der Waals surface area contributed by atoms with Crippen molar-refractivity contribution in [2.45, 2.75) is 50.6 Å². The maximum atomic E-state index is 14.0. The Balaban J connectivity index is 2.01. The second-order valence-electron chi connectivity index (χ2n) is 9.44. The van der Waals surface area contributed by atoms with Crippen molar-refractivity contribution in [2.24, 2.45) is 0 Å². The summed E-state index contributed by atoms with van der Waals surface area (Å²) in [7, 11) is -2.63. The number of nitrogens with one attached hydrogen (secondary N) is 1. The van der Waals surface area contributed by atoms with E-state index in [0.29, 0.717) is 18.6 Å². The summed E-state index contributed by atoms with van der Waals surface area (Å²) in [6.07, 6.45) is 0.895. The van der Waals surface area contributed by atoms with E-state index in [2.05, 4.69) is 5.32 Å². The number of methoxy groups -OCH3 is 1. The van der Waals surface area contributed by atoms with E-state index in [1.54, 1.807) is 42.5 Å².